The minimum Gasteiger partial charge on any atom is -0.383 e. The van der Waals surface area contributed by atoms with Crippen LogP contribution in [0.25, 0.3) is 0 Å². The summed E-state index contributed by atoms with van der Waals surface area (Å²) in [6, 6.07) is 6.74. The van der Waals surface area contributed by atoms with E-state index in [9.17, 15) is 9.59 Å². The molecule has 0 spiro atoms. The molecule has 1 aromatic rings. The lowest BCUT2D eigenvalue weighted by molar-refractivity contribution is 0.0926. The average Bonchev–Trinajstić information content (AvgIpc) is 2.47. The molecule has 0 aromatic heterocycles. The molecule has 0 saturated carbocycles. The zero-order chi connectivity index (χ0) is 15.0. The number of hydrogen-bond donors (Lipinski definition) is 2. The first-order valence-electron chi connectivity index (χ1n) is 6.76. The summed E-state index contributed by atoms with van der Waals surface area (Å²) in [6.45, 7) is 4.90. The van der Waals surface area contributed by atoms with Gasteiger partial charge in [0.05, 0.1) is 6.61 Å². The molecular formula is C15H22N2O3. The minimum absolute atomic E-state index is 0.120. The van der Waals surface area contributed by atoms with Crippen molar-refractivity contribution in [2.75, 3.05) is 20.3 Å². The quantitative estimate of drug-likeness (QED) is 0.744. The number of nitrogens with one attached hydrogen (secondary N) is 2. The Bertz CT molecular complexity index is 443. The van der Waals surface area contributed by atoms with Crippen molar-refractivity contribution in [2.45, 2.75) is 26.3 Å². The van der Waals surface area contributed by atoms with Crippen LogP contribution in [0, 0.1) is 0 Å². The van der Waals surface area contributed by atoms with Crippen LogP contribution in [0.1, 0.15) is 41.0 Å². The van der Waals surface area contributed by atoms with Gasteiger partial charge in [0, 0.05) is 30.8 Å². The summed E-state index contributed by atoms with van der Waals surface area (Å²) in [5, 5.41) is 5.61. The van der Waals surface area contributed by atoms with Gasteiger partial charge in [0.25, 0.3) is 11.8 Å². The van der Waals surface area contributed by atoms with E-state index in [0.29, 0.717) is 24.3 Å². The Morgan fingerprint density at radius 2 is 1.70 bits per heavy atom. The lowest BCUT2D eigenvalue weighted by Crippen LogP contribution is -2.32. The van der Waals surface area contributed by atoms with Crippen LogP contribution in [0.5, 0.6) is 0 Å². The van der Waals surface area contributed by atoms with Crippen LogP contribution >= 0.6 is 0 Å². The van der Waals surface area contributed by atoms with Crippen LogP contribution in [0.2, 0.25) is 0 Å². The molecule has 0 saturated heterocycles. The third kappa shape index (κ3) is 5.01. The molecule has 1 rings (SSSR count). The highest BCUT2D eigenvalue weighted by Gasteiger charge is 2.10. The fraction of sp³-hybridized carbons (Fsp3) is 0.467. The van der Waals surface area contributed by atoms with Crippen molar-refractivity contribution in [3.8, 4) is 0 Å². The van der Waals surface area contributed by atoms with E-state index in [1.54, 1.807) is 31.4 Å². The summed E-state index contributed by atoms with van der Waals surface area (Å²) in [7, 11) is 1.58. The summed E-state index contributed by atoms with van der Waals surface area (Å²) in [6.07, 6.45) is 0.881. The number of carbonyl (C=O) groups is 2. The fourth-order valence-electron chi connectivity index (χ4n) is 1.55. The molecule has 0 aliphatic carbocycles. The summed E-state index contributed by atoms with van der Waals surface area (Å²) in [4.78, 5) is 23.6. The summed E-state index contributed by atoms with van der Waals surface area (Å²) < 4.78 is 4.86. The van der Waals surface area contributed by atoms with Crippen molar-refractivity contribution < 1.29 is 14.3 Å². The van der Waals surface area contributed by atoms with Crippen LogP contribution in [0.15, 0.2) is 24.3 Å². The van der Waals surface area contributed by atoms with Gasteiger partial charge in [0.1, 0.15) is 0 Å². The number of carbonyl (C=O) groups excluding carboxylic acids is 2. The second-order valence-electron chi connectivity index (χ2n) is 4.61. The first-order valence-corrected chi connectivity index (χ1v) is 6.76. The van der Waals surface area contributed by atoms with E-state index in [-0.39, 0.29) is 17.9 Å². The number of amides is 2. The van der Waals surface area contributed by atoms with Gasteiger partial charge in [-0.25, -0.2) is 0 Å². The third-order valence-corrected chi connectivity index (χ3v) is 2.99. The Morgan fingerprint density at radius 3 is 2.20 bits per heavy atom. The Hall–Kier alpha value is -1.88. The van der Waals surface area contributed by atoms with Crippen molar-refractivity contribution in [3.05, 3.63) is 35.4 Å². The highest BCUT2D eigenvalue weighted by molar-refractivity contribution is 5.97. The Labute approximate surface area is 119 Å². The van der Waals surface area contributed by atoms with E-state index in [4.69, 9.17) is 4.74 Å². The largest absolute Gasteiger partial charge is 0.383 e. The normalized spacial score (nSPS) is 11.8. The number of benzene rings is 1. The van der Waals surface area contributed by atoms with E-state index in [1.165, 1.54) is 0 Å². The molecule has 0 aliphatic rings. The molecule has 2 amide bonds. The fourth-order valence-corrected chi connectivity index (χ4v) is 1.55. The number of ether oxygens (including phenoxy) is 1. The average molecular weight is 278 g/mol. The Morgan fingerprint density at radius 1 is 1.15 bits per heavy atom. The molecule has 1 atom stereocenters. The molecule has 20 heavy (non-hydrogen) atoms. The summed E-state index contributed by atoms with van der Waals surface area (Å²) in [5.41, 5.74) is 1.08. The molecule has 5 nitrogen and oxygen atoms in total. The maximum atomic E-state index is 11.9. The standard InChI is InChI=1S/C15H22N2O3/c1-4-11(2)17-15(19)13-7-5-12(6-8-13)14(18)16-9-10-20-3/h5-8,11H,4,9-10H2,1-3H3,(H,16,18)(H,17,19). The van der Waals surface area contributed by atoms with E-state index < -0.39 is 0 Å². The predicted octanol–water partition coefficient (Wildman–Crippen LogP) is 1.59. The SMILES string of the molecule is CCC(C)NC(=O)c1ccc(C(=O)NCCOC)cc1. The molecule has 0 heterocycles. The Balaban J connectivity index is 2.59. The van der Waals surface area contributed by atoms with Gasteiger partial charge in [-0.3, -0.25) is 9.59 Å². The van der Waals surface area contributed by atoms with E-state index in [0.717, 1.165) is 6.42 Å². The third-order valence-electron chi connectivity index (χ3n) is 2.99. The Kier molecular flexibility index (Phi) is 6.73. The van der Waals surface area contributed by atoms with Crippen LogP contribution in [0.4, 0.5) is 0 Å². The first-order chi connectivity index (χ1) is 9.58. The predicted molar refractivity (Wildman–Crippen MR) is 77.9 cm³/mol. The van der Waals surface area contributed by atoms with Crippen molar-refractivity contribution in [2.24, 2.45) is 0 Å². The van der Waals surface area contributed by atoms with Gasteiger partial charge in [-0.2, -0.15) is 0 Å². The van der Waals surface area contributed by atoms with E-state index in [1.807, 2.05) is 13.8 Å². The van der Waals surface area contributed by atoms with E-state index >= 15 is 0 Å². The van der Waals surface area contributed by atoms with Gasteiger partial charge < -0.3 is 15.4 Å². The molecule has 1 aromatic carbocycles. The van der Waals surface area contributed by atoms with Crippen LogP contribution in [0.3, 0.4) is 0 Å². The van der Waals surface area contributed by atoms with Gasteiger partial charge in [-0.1, -0.05) is 6.92 Å². The number of hydrogen-bond acceptors (Lipinski definition) is 3. The zero-order valence-corrected chi connectivity index (χ0v) is 12.2. The second-order valence-corrected chi connectivity index (χ2v) is 4.61. The topological polar surface area (TPSA) is 67.4 Å². The molecule has 1 unspecified atom stereocenters. The maximum absolute atomic E-state index is 11.9. The molecule has 110 valence electrons. The molecule has 2 N–H and O–H groups in total. The number of rotatable bonds is 7. The van der Waals surface area contributed by atoms with Crippen LogP contribution < -0.4 is 10.6 Å². The van der Waals surface area contributed by atoms with Gasteiger partial charge in [-0.05, 0) is 37.6 Å². The van der Waals surface area contributed by atoms with Gasteiger partial charge >= 0.3 is 0 Å². The van der Waals surface area contributed by atoms with Crippen molar-refractivity contribution in [1.29, 1.82) is 0 Å². The minimum atomic E-state index is -0.170. The highest BCUT2D eigenvalue weighted by atomic mass is 16.5. The summed E-state index contributed by atoms with van der Waals surface area (Å²) in [5.74, 6) is -0.290. The summed E-state index contributed by atoms with van der Waals surface area (Å²) >= 11 is 0. The number of methoxy groups -OCH3 is 1. The molecule has 0 bridgehead atoms. The first kappa shape index (κ1) is 16.2. The van der Waals surface area contributed by atoms with Crippen molar-refractivity contribution in [3.63, 3.8) is 0 Å². The maximum Gasteiger partial charge on any atom is 0.251 e. The van der Waals surface area contributed by atoms with E-state index in [2.05, 4.69) is 10.6 Å². The van der Waals surface area contributed by atoms with Gasteiger partial charge in [0.15, 0.2) is 0 Å². The molecule has 0 radical (unpaired) electrons. The van der Waals surface area contributed by atoms with Crippen molar-refractivity contribution in [1.82, 2.24) is 10.6 Å². The second kappa shape index (κ2) is 8.32. The smallest absolute Gasteiger partial charge is 0.251 e. The van der Waals surface area contributed by atoms with Crippen molar-refractivity contribution >= 4 is 11.8 Å². The lowest BCUT2D eigenvalue weighted by Gasteiger charge is -2.11. The van der Waals surface area contributed by atoms with Gasteiger partial charge in [-0.15, -0.1) is 0 Å². The van der Waals surface area contributed by atoms with Crippen LogP contribution in [-0.2, 0) is 4.74 Å². The lowest BCUT2D eigenvalue weighted by atomic mass is 10.1. The molecule has 0 fully saturated rings. The molecule has 0 aliphatic heterocycles. The van der Waals surface area contributed by atoms with Gasteiger partial charge in [0.2, 0.25) is 0 Å². The molecule has 5 heteroatoms. The highest BCUT2D eigenvalue weighted by Crippen LogP contribution is 2.05. The van der Waals surface area contributed by atoms with Crippen LogP contribution in [-0.4, -0.2) is 38.1 Å². The zero-order valence-electron chi connectivity index (χ0n) is 12.2. The molecular weight excluding hydrogens is 256 g/mol. The monoisotopic (exact) mass is 278 g/mol.